The Morgan fingerprint density at radius 2 is 2.27 bits per heavy atom. The van der Waals surface area contributed by atoms with Crippen molar-refractivity contribution < 1.29 is 4.79 Å². The largest absolute Gasteiger partial charge is 0.325 e. The number of hydrogen-bond donors (Lipinski definition) is 1. The molecule has 0 bridgehead atoms. The molecular formula is C12H15NOS. The van der Waals surface area contributed by atoms with Gasteiger partial charge in [0, 0.05) is 16.6 Å². The SMILES string of the molecule is CCCC1CSc2ccccc2NC1=O. The van der Waals surface area contributed by atoms with E-state index >= 15 is 0 Å². The van der Waals surface area contributed by atoms with Crippen LogP contribution in [0.15, 0.2) is 29.2 Å². The van der Waals surface area contributed by atoms with Crippen LogP contribution in [-0.2, 0) is 4.79 Å². The van der Waals surface area contributed by atoms with Gasteiger partial charge in [-0.2, -0.15) is 0 Å². The number of carbonyl (C=O) groups is 1. The van der Waals surface area contributed by atoms with Crippen molar-refractivity contribution in [2.45, 2.75) is 24.7 Å². The van der Waals surface area contributed by atoms with Crippen LogP contribution in [0.2, 0.25) is 0 Å². The van der Waals surface area contributed by atoms with Crippen molar-refractivity contribution in [3.05, 3.63) is 24.3 Å². The molecule has 1 amide bonds. The number of anilines is 1. The summed E-state index contributed by atoms with van der Waals surface area (Å²) in [5.74, 6) is 1.23. The normalized spacial score (nSPS) is 20.3. The van der Waals surface area contributed by atoms with Crippen LogP contribution >= 0.6 is 11.8 Å². The van der Waals surface area contributed by atoms with Crippen LogP contribution in [0.5, 0.6) is 0 Å². The molecule has 1 aliphatic rings. The van der Waals surface area contributed by atoms with Gasteiger partial charge < -0.3 is 5.32 Å². The Balaban J connectivity index is 2.19. The molecule has 80 valence electrons. The molecular weight excluding hydrogens is 206 g/mol. The average molecular weight is 221 g/mol. The topological polar surface area (TPSA) is 29.1 Å². The highest BCUT2D eigenvalue weighted by molar-refractivity contribution is 7.99. The van der Waals surface area contributed by atoms with Gasteiger partial charge in [-0.05, 0) is 18.6 Å². The number of para-hydroxylation sites is 1. The van der Waals surface area contributed by atoms with E-state index in [2.05, 4.69) is 18.3 Å². The van der Waals surface area contributed by atoms with Gasteiger partial charge in [0.25, 0.3) is 0 Å². The van der Waals surface area contributed by atoms with Crippen molar-refractivity contribution in [2.24, 2.45) is 5.92 Å². The summed E-state index contributed by atoms with van der Waals surface area (Å²) < 4.78 is 0. The van der Waals surface area contributed by atoms with Crippen LogP contribution in [0, 0.1) is 5.92 Å². The molecule has 0 aromatic heterocycles. The minimum absolute atomic E-state index is 0.160. The van der Waals surface area contributed by atoms with Crippen LogP contribution in [0.25, 0.3) is 0 Å². The Labute approximate surface area is 94.4 Å². The monoisotopic (exact) mass is 221 g/mol. The quantitative estimate of drug-likeness (QED) is 0.831. The van der Waals surface area contributed by atoms with Gasteiger partial charge in [-0.1, -0.05) is 25.5 Å². The molecule has 1 aliphatic heterocycles. The molecule has 0 spiro atoms. The van der Waals surface area contributed by atoms with Gasteiger partial charge in [0.05, 0.1) is 5.69 Å². The van der Waals surface area contributed by atoms with E-state index < -0.39 is 0 Å². The summed E-state index contributed by atoms with van der Waals surface area (Å²) in [5.41, 5.74) is 0.964. The molecule has 1 atom stereocenters. The number of hydrogen-bond acceptors (Lipinski definition) is 2. The van der Waals surface area contributed by atoms with Crippen molar-refractivity contribution in [1.82, 2.24) is 0 Å². The van der Waals surface area contributed by atoms with E-state index in [1.807, 2.05) is 18.2 Å². The second-order valence-electron chi connectivity index (χ2n) is 3.78. The van der Waals surface area contributed by atoms with Gasteiger partial charge >= 0.3 is 0 Å². The minimum atomic E-state index is 0.160. The highest BCUT2D eigenvalue weighted by Gasteiger charge is 2.22. The highest BCUT2D eigenvalue weighted by atomic mass is 32.2. The van der Waals surface area contributed by atoms with E-state index in [4.69, 9.17) is 0 Å². The third-order valence-electron chi connectivity index (χ3n) is 2.59. The van der Waals surface area contributed by atoms with Gasteiger partial charge in [0.2, 0.25) is 5.91 Å². The number of amides is 1. The van der Waals surface area contributed by atoms with E-state index in [-0.39, 0.29) is 11.8 Å². The predicted molar refractivity (Wildman–Crippen MR) is 64.2 cm³/mol. The third-order valence-corrected chi connectivity index (χ3v) is 3.83. The Hall–Kier alpha value is -0.960. The Bertz CT molecular complexity index is 364. The number of fused-ring (bicyclic) bond motifs is 1. The van der Waals surface area contributed by atoms with E-state index in [9.17, 15) is 4.79 Å². The van der Waals surface area contributed by atoms with E-state index in [1.54, 1.807) is 11.8 Å². The maximum absolute atomic E-state index is 11.8. The first kappa shape index (κ1) is 10.6. The van der Waals surface area contributed by atoms with Gasteiger partial charge in [-0.3, -0.25) is 4.79 Å². The molecule has 0 radical (unpaired) electrons. The second-order valence-corrected chi connectivity index (χ2v) is 4.84. The number of carbonyl (C=O) groups excluding carboxylic acids is 1. The Morgan fingerprint density at radius 1 is 1.47 bits per heavy atom. The lowest BCUT2D eigenvalue weighted by Gasteiger charge is -2.10. The van der Waals surface area contributed by atoms with Crippen molar-refractivity contribution >= 4 is 23.4 Å². The first-order valence-electron chi connectivity index (χ1n) is 5.34. The zero-order valence-electron chi connectivity index (χ0n) is 8.82. The van der Waals surface area contributed by atoms with Gasteiger partial charge in [-0.25, -0.2) is 0 Å². The average Bonchev–Trinajstić information content (AvgIpc) is 2.40. The van der Waals surface area contributed by atoms with Gasteiger partial charge in [0.15, 0.2) is 0 Å². The molecule has 0 aliphatic carbocycles. The van der Waals surface area contributed by atoms with Gasteiger partial charge in [-0.15, -0.1) is 11.8 Å². The smallest absolute Gasteiger partial charge is 0.228 e. The maximum Gasteiger partial charge on any atom is 0.228 e. The summed E-state index contributed by atoms with van der Waals surface area (Å²) in [6, 6.07) is 8.00. The molecule has 1 unspecified atom stereocenters. The molecule has 3 heteroatoms. The lowest BCUT2D eigenvalue weighted by Crippen LogP contribution is -2.22. The summed E-state index contributed by atoms with van der Waals surface area (Å²) in [7, 11) is 0. The fourth-order valence-electron chi connectivity index (χ4n) is 1.76. The summed E-state index contributed by atoms with van der Waals surface area (Å²) in [4.78, 5) is 13.0. The third kappa shape index (κ3) is 2.34. The zero-order chi connectivity index (χ0) is 10.7. The molecule has 0 saturated carbocycles. The van der Waals surface area contributed by atoms with Crippen LogP contribution in [0.4, 0.5) is 5.69 Å². The number of rotatable bonds is 2. The molecule has 0 fully saturated rings. The first-order chi connectivity index (χ1) is 7.31. The van der Waals surface area contributed by atoms with Crippen LogP contribution in [0.3, 0.4) is 0 Å². The predicted octanol–water partition coefficient (Wildman–Crippen LogP) is 3.15. The van der Waals surface area contributed by atoms with Crippen LogP contribution in [0.1, 0.15) is 19.8 Å². The van der Waals surface area contributed by atoms with Crippen molar-refractivity contribution in [3.63, 3.8) is 0 Å². The standard InChI is InChI=1S/C12H15NOS/c1-2-5-9-8-15-11-7-4-3-6-10(11)13-12(9)14/h3-4,6-7,9H,2,5,8H2,1H3,(H,13,14). The summed E-state index contributed by atoms with van der Waals surface area (Å²) in [6.07, 6.45) is 2.04. The number of thioether (sulfide) groups is 1. The highest BCUT2D eigenvalue weighted by Crippen LogP contribution is 2.33. The molecule has 2 rings (SSSR count). The van der Waals surface area contributed by atoms with E-state index in [0.717, 1.165) is 24.3 Å². The Morgan fingerprint density at radius 3 is 3.07 bits per heavy atom. The van der Waals surface area contributed by atoms with Crippen molar-refractivity contribution in [1.29, 1.82) is 0 Å². The summed E-state index contributed by atoms with van der Waals surface area (Å²) in [5, 5.41) is 3.00. The second kappa shape index (κ2) is 4.71. The van der Waals surface area contributed by atoms with Crippen LogP contribution in [-0.4, -0.2) is 11.7 Å². The zero-order valence-corrected chi connectivity index (χ0v) is 9.64. The molecule has 1 aromatic rings. The lowest BCUT2D eigenvalue weighted by molar-refractivity contribution is -0.119. The van der Waals surface area contributed by atoms with Crippen molar-refractivity contribution in [2.75, 3.05) is 11.1 Å². The summed E-state index contributed by atoms with van der Waals surface area (Å²) in [6.45, 7) is 2.12. The molecule has 2 nitrogen and oxygen atoms in total. The van der Waals surface area contributed by atoms with E-state index in [1.165, 1.54) is 4.90 Å². The Kier molecular flexibility index (Phi) is 3.31. The maximum atomic E-state index is 11.8. The molecule has 1 aromatic carbocycles. The minimum Gasteiger partial charge on any atom is -0.325 e. The fourth-order valence-corrected chi connectivity index (χ4v) is 2.91. The van der Waals surface area contributed by atoms with E-state index in [0.29, 0.717) is 0 Å². The lowest BCUT2D eigenvalue weighted by atomic mass is 10.1. The van der Waals surface area contributed by atoms with Gasteiger partial charge in [0.1, 0.15) is 0 Å². The molecule has 1 N–H and O–H groups in total. The van der Waals surface area contributed by atoms with Crippen LogP contribution < -0.4 is 5.32 Å². The molecule has 15 heavy (non-hydrogen) atoms. The molecule has 1 heterocycles. The number of benzene rings is 1. The van der Waals surface area contributed by atoms with Crippen molar-refractivity contribution in [3.8, 4) is 0 Å². The first-order valence-corrected chi connectivity index (χ1v) is 6.32. The number of nitrogens with one attached hydrogen (secondary N) is 1. The molecule has 0 saturated heterocycles. The summed E-state index contributed by atoms with van der Waals surface area (Å²) >= 11 is 1.78. The fraction of sp³-hybridized carbons (Fsp3) is 0.417.